The summed E-state index contributed by atoms with van der Waals surface area (Å²) in [4.78, 5) is 14.8. The number of halogens is 1. The molecule has 3 aromatic rings. The van der Waals surface area contributed by atoms with Crippen LogP contribution >= 0.6 is 0 Å². The Morgan fingerprint density at radius 1 is 0.963 bits per heavy atom. The summed E-state index contributed by atoms with van der Waals surface area (Å²) in [5.41, 5.74) is 1.81. The third-order valence-electron chi connectivity index (χ3n) is 4.69. The molecule has 0 bridgehead atoms. The van der Waals surface area contributed by atoms with Gasteiger partial charge in [0, 0.05) is 22.0 Å². The quantitative estimate of drug-likeness (QED) is 0.643. The predicted molar refractivity (Wildman–Crippen MR) is 103 cm³/mol. The van der Waals surface area contributed by atoms with Crippen molar-refractivity contribution in [1.82, 2.24) is 0 Å². The Bertz CT molecular complexity index is 1030. The predicted octanol–water partition coefficient (Wildman–Crippen LogP) is 4.94. The van der Waals surface area contributed by atoms with Gasteiger partial charge in [0.2, 0.25) is 0 Å². The number of ether oxygens (including phenoxy) is 2. The summed E-state index contributed by atoms with van der Waals surface area (Å²) in [5, 5.41) is 1.76. The first-order valence-corrected chi connectivity index (χ1v) is 9.06. The molecule has 4 rings (SSSR count). The molecule has 0 aliphatic carbocycles. The van der Waals surface area contributed by atoms with Crippen molar-refractivity contribution in [3.05, 3.63) is 65.5 Å². The summed E-state index contributed by atoms with van der Waals surface area (Å²) in [6.45, 7) is 5.05. The van der Waals surface area contributed by atoms with Gasteiger partial charge in [0.25, 0.3) is 5.91 Å². The summed E-state index contributed by atoms with van der Waals surface area (Å²) in [6.07, 6.45) is 0. The van der Waals surface area contributed by atoms with E-state index in [1.807, 2.05) is 38.1 Å². The van der Waals surface area contributed by atoms with Crippen LogP contribution in [-0.2, 0) is 6.54 Å². The maximum atomic E-state index is 13.7. The summed E-state index contributed by atoms with van der Waals surface area (Å²) < 4.78 is 25.6. The smallest absolute Gasteiger partial charge is 0.262 e. The Morgan fingerprint density at radius 2 is 1.63 bits per heavy atom. The van der Waals surface area contributed by atoms with Crippen LogP contribution in [0.5, 0.6) is 11.5 Å². The Hall–Kier alpha value is -3.08. The van der Waals surface area contributed by atoms with E-state index < -0.39 is 0 Å². The molecular weight excluding hydrogens is 345 g/mol. The van der Waals surface area contributed by atoms with Crippen molar-refractivity contribution in [2.45, 2.75) is 20.4 Å². The SMILES string of the molecule is CCOc1c2c(c(OCC)c3ccccc13)C(=O)N(c1cccc(F)c1)C2. The minimum atomic E-state index is -0.378. The van der Waals surface area contributed by atoms with E-state index in [0.717, 1.165) is 16.3 Å². The van der Waals surface area contributed by atoms with Crippen LogP contribution < -0.4 is 14.4 Å². The zero-order chi connectivity index (χ0) is 19.0. The number of fused-ring (bicyclic) bond motifs is 2. The number of hydrogen-bond donors (Lipinski definition) is 0. The van der Waals surface area contributed by atoms with Crippen LogP contribution in [0.3, 0.4) is 0 Å². The molecule has 138 valence electrons. The molecule has 0 atom stereocenters. The zero-order valence-electron chi connectivity index (χ0n) is 15.3. The Labute approximate surface area is 157 Å². The lowest BCUT2D eigenvalue weighted by molar-refractivity contribution is 0.0993. The number of carbonyl (C=O) groups is 1. The first-order valence-electron chi connectivity index (χ1n) is 9.06. The minimum Gasteiger partial charge on any atom is -0.493 e. The molecule has 0 radical (unpaired) electrons. The number of carbonyl (C=O) groups excluding carboxylic acids is 1. The van der Waals surface area contributed by atoms with Crippen molar-refractivity contribution in [1.29, 1.82) is 0 Å². The van der Waals surface area contributed by atoms with Crippen molar-refractivity contribution < 1.29 is 18.7 Å². The molecular formula is C22H20FNO3. The molecule has 0 aromatic heterocycles. The van der Waals surface area contributed by atoms with Gasteiger partial charge in [-0.3, -0.25) is 4.79 Å². The van der Waals surface area contributed by atoms with Gasteiger partial charge >= 0.3 is 0 Å². The number of rotatable bonds is 5. The van der Waals surface area contributed by atoms with E-state index >= 15 is 0 Å². The average Bonchev–Trinajstić information content (AvgIpc) is 3.02. The third-order valence-corrected chi connectivity index (χ3v) is 4.69. The van der Waals surface area contributed by atoms with Gasteiger partial charge in [-0.1, -0.05) is 30.3 Å². The molecule has 1 heterocycles. The van der Waals surface area contributed by atoms with E-state index in [-0.39, 0.29) is 11.7 Å². The second-order valence-corrected chi connectivity index (χ2v) is 6.29. The van der Waals surface area contributed by atoms with Crippen LogP contribution in [-0.4, -0.2) is 19.1 Å². The largest absolute Gasteiger partial charge is 0.493 e. The Morgan fingerprint density at radius 3 is 2.30 bits per heavy atom. The molecule has 1 aliphatic rings. The molecule has 0 N–H and O–H groups in total. The van der Waals surface area contributed by atoms with E-state index in [4.69, 9.17) is 9.47 Å². The van der Waals surface area contributed by atoms with Crippen molar-refractivity contribution in [2.24, 2.45) is 0 Å². The second-order valence-electron chi connectivity index (χ2n) is 6.29. The lowest BCUT2D eigenvalue weighted by Crippen LogP contribution is -2.23. The van der Waals surface area contributed by atoms with Crippen LogP contribution in [0.15, 0.2) is 48.5 Å². The first kappa shape index (κ1) is 17.3. The number of anilines is 1. The number of benzene rings is 3. The summed E-state index contributed by atoms with van der Waals surface area (Å²) >= 11 is 0. The Kier molecular flexibility index (Phi) is 4.44. The molecule has 1 amide bonds. The second kappa shape index (κ2) is 6.91. The maximum Gasteiger partial charge on any atom is 0.262 e. The number of nitrogens with zero attached hydrogens (tertiary/aromatic N) is 1. The fourth-order valence-corrected chi connectivity index (χ4v) is 3.62. The molecule has 4 nitrogen and oxygen atoms in total. The highest BCUT2D eigenvalue weighted by Crippen LogP contribution is 2.46. The van der Waals surface area contributed by atoms with E-state index in [2.05, 4.69) is 0 Å². The van der Waals surface area contributed by atoms with Gasteiger partial charge in [-0.05, 0) is 32.0 Å². The molecule has 0 unspecified atom stereocenters. The molecule has 1 aliphatic heterocycles. The van der Waals surface area contributed by atoms with Crippen LogP contribution in [0.25, 0.3) is 10.8 Å². The van der Waals surface area contributed by atoms with Crippen LogP contribution in [0.4, 0.5) is 10.1 Å². The minimum absolute atomic E-state index is 0.203. The topological polar surface area (TPSA) is 38.8 Å². The van der Waals surface area contributed by atoms with Gasteiger partial charge in [-0.2, -0.15) is 0 Å². The van der Waals surface area contributed by atoms with E-state index in [1.54, 1.807) is 17.0 Å². The summed E-state index contributed by atoms with van der Waals surface area (Å²) in [6, 6.07) is 13.8. The fraction of sp³-hybridized carbons (Fsp3) is 0.227. The first-order chi connectivity index (χ1) is 13.2. The van der Waals surface area contributed by atoms with Crippen LogP contribution in [0.1, 0.15) is 29.8 Å². The highest BCUT2D eigenvalue weighted by Gasteiger charge is 2.36. The van der Waals surface area contributed by atoms with Gasteiger partial charge in [0.15, 0.2) is 0 Å². The molecule has 27 heavy (non-hydrogen) atoms. The zero-order valence-corrected chi connectivity index (χ0v) is 15.3. The average molecular weight is 365 g/mol. The molecule has 5 heteroatoms. The third kappa shape index (κ3) is 2.79. The summed E-state index contributed by atoms with van der Waals surface area (Å²) in [5.74, 6) is 0.677. The van der Waals surface area contributed by atoms with Gasteiger partial charge in [-0.25, -0.2) is 4.39 Å². The number of hydrogen-bond acceptors (Lipinski definition) is 3. The van der Waals surface area contributed by atoms with Gasteiger partial charge in [-0.15, -0.1) is 0 Å². The molecule has 0 saturated heterocycles. The molecule has 3 aromatic carbocycles. The standard InChI is InChI=1S/C22H20FNO3/c1-3-26-20-16-10-5-6-11-17(16)21(27-4-2)19-18(20)13-24(22(19)25)15-9-7-8-14(23)12-15/h5-12H,3-4,13H2,1-2H3. The maximum absolute atomic E-state index is 13.7. The highest BCUT2D eigenvalue weighted by atomic mass is 19.1. The lowest BCUT2D eigenvalue weighted by atomic mass is 9.99. The lowest BCUT2D eigenvalue weighted by Gasteiger charge is -2.16. The van der Waals surface area contributed by atoms with E-state index in [1.165, 1.54) is 12.1 Å². The normalized spacial score (nSPS) is 13.1. The van der Waals surface area contributed by atoms with Gasteiger partial charge < -0.3 is 14.4 Å². The van der Waals surface area contributed by atoms with E-state index in [0.29, 0.717) is 42.5 Å². The van der Waals surface area contributed by atoms with Crippen molar-refractivity contribution in [3.63, 3.8) is 0 Å². The van der Waals surface area contributed by atoms with Gasteiger partial charge in [0.1, 0.15) is 17.3 Å². The van der Waals surface area contributed by atoms with E-state index in [9.17, 15) is 9.18 Å². The van der Waals surface area contributed by atoms with Crippen molar-refractivity contribution in [3.8, 4) is 11.5 Å². The van der Waals surface area contributed by atoms with Crippen molar-refractivity contribution in [2.75, 3.05) is 18.1 Å². The molecule has 0 spiro atoms. The molecule has 0 fully saturated rings. The number of amides is 1. The monoisotopic (exact) mass is 365 g/mol. The fourth-order valence-electron chi connectivity index (χ4n) is 3.62. The summed E-state index contributed by atoms with van der Waals surface area (Å²) in [7, 11) is 0. The van der Waals surface area contributed by atoms with Crippen LogP contribution in [0, 0.1) is 5.82 Å². The highest BCUT2D eigenvalue weighted by molar-refractivity contribution is 6.16. The molecule has 0 saturated carbocycles. The Balaban J connectivity index is 1.96. The van der Waals surface area contributed by atoms with Crippen molar-refractivity contribution >= 4 is 22.4 Å². The van der Waals surface area contributed by atoms with Crippen LogP contribution in [0.2, 0.25) is 0 Å². The van der Waals surface area contributed by atoms with Gasteiger partial charge in [0.05, 0.1) is 25.3 Å².